The number of piperazine rings is 1. The van der Waals surface area contributed by atoms with E-state index in [0.29, 0.717) is 38.3 Å². The van der Waals surface area contributed by atoms with E-state index in [1.54, 1.807) is 27.8 Å². The van der Waals surface area contributed by atoms with Crippen LogP contribution in [0.5, 0.6) is 0 Å². The zero-order valence-electron chi connectivity index (χ0n) is 25.3. The lowest BCUT2D eigenvalue weighted by molar-refractivity contribution is -0.143. The summed E-state index contributed by atoms with van der Waals surface area (Å²) in [6, 6.07) is 14.9. The summed E-state index contributed by atoms with van der Waals surface area (Å²) < 4.78 is 120. The molecule has 0 radical (unpaired) electrons. The van der Waals surface area contributed by atoms with Gasteiger partial charge in [-0.2, -0.15) is 39.5 Å². The molecule has 2 saturated heterocycles. The fourth-order valence-corrected chi connectivity index (χ4v) is 6.25. The molecule has 2 aliphatic rings. The summed E-state index contributed by atoms with van der Waals surface area (Å²) in [6.45, 7) is 1.72. The van der Waals surface area contributed by atoms with E-state index >= 15 is 0 Å². The van der Waals surface area contributed by atoms with Crippen molar-refractivity contribution < 1.29 is 44.3 Å². The lowest BCUT2D eigenvalue weighted by atomic mass is 10.0. The predicted molar refractivity (Wildman–Crippen MR) is 157 cm³/mol. The van der Waals surface area contributed by atoms with Gasteiger partial charge in [-0.3, -0.25) is 14.6 Å². The van der Waals surface area contributed by atoms with Gasteiger partial charge in [0, 0.05) is 57.5 Å². The molecule has 1 amide bonds. The number of benzene rings is 3. The smallest absolute Gasteiger partial charge is 0.368 e. The predicted octanol–water partition coefficient (Wildman–Crippen LogP) is 7.17. The summed E-state index contributed by atoms with van der Waals surface area (Å²) in [5, 5.41) is 0. The highest BCUT2D eigenvalue weighted by Gasteiger charge is 2.42. The molecule has 5 rings (SSSR count). The van der Waals surface area contributed by atoms with Gasteiger partial charge < -0.3 is 9.80 Å². The minimum absolute atomic E-state index is 0.0993. The summed E-state index contributed by atoms with van der Waals surface area (Å²) in [4.78, 5) is 21.0. The molecule has 0 aromatic heterocycles. The number of likely N-dealkylation sites (tertiary alicyclic amines) is 1. The largest absolute Gasteiger partial charge is 0.416 e. The number of carbonyl (C=O) groups excluding carboxylic acids is 1. The van der Waals surface area contributed by atoms with Crippen molar-refractivity contribution in [3.05, 3.63) is 101 Å². The molecule has 2 unspecified atom stereocenters. The highest BCUT2D eigenvalue weighted by molar-refractivity contribution is 5.82. The quantitative estimate of drug-likeness (QED) is 0.249. The molecule has 0 N–H and O–H groups in total. The maximum absolute atomic E-state index is 13.9. The van der Waals surface area contributed by atoms with Gasteiger partial charge in [0.15, 0.2) is 0 Å². The van der Waals surface area contributed by atoms with Crippen LogP contribution in [-0.4, -0.2) is 72.5 Å². The SMILES string of the molecule is CN(Cc1cc(C(F)(F)F)cc(C(F)(F)F)c1)C1CC(C(=O)N2CCN(c3cccc(C(F)(F)F)c3)CC2)N(Cc2ccccc2)C1. The minimum Gasteiger partial charge on any atom is -0.368 e. The second-order valence-electron chi connectivity index (χ2n) is 12.0. The van der Waals surface area contributed by atoms with Crippen LogP contribution in [0.25, 0.3) is 0 Å². The van der Waals surface area contributed by atoms with Gasteiger partial charge in [0.05, 0.1) is 22.7 Å². The van der Waals surface area contributed by atoms with Gasteiger partial charge in [-0.15, -0.1) is 0 Å². The standard InChI is InChI=1S/C33H33F9N4O/c1-43(19-23-14-25(32(37,38)39)16-26(15-23)33(40,41)42)28-18-29(46(21-28)20-22-6-3-2-4-7-22)30(47)45-12-10-44(11-13-45)27-9-5-8-24(17-27)31(34,35)36/h2-9,14-17,28-29H,10-13,18-21H2,1H3. The molecule has 2 aliphatic heterocycles. The van der Waals surface area contributed by atoms with Gasteiger partial charge in [-0.1, -0.05) is 36.4 Å². The van der Waals surface area contributed by atoms with Crippen LogP contribution in [0.1, 0.15) is 34.2 Å². The second kappa shape index (κ2) is 13.4. The maximum Gasteiger partial charge on any atom is 0.416 e. The van der Waals surface area contributed by atoms with Crippen molar-refractivity contribution in [2.75, 3.05) is 44.7 Å². The number of hydrogen-bond acceptors (Lipinski definition) is 4. The molecule has 14 heteroatoms. The molecule has 0 saturated carbocycles. The van der Waals surface area contributed by atoms with Gasteiger partial charge in [0.25, 0.3) is 0 Å². The number of likely N-dealkylation sites (N-methyl/N-ethyl adjacent to an activating group) is 1. The maximum atomic E-state index is 13.9. The summed E-state index contributed by atoms with van der Waals surface area (Å²) in [5.74, 6) is -0.182. The van der Waals surface area contributed by atoms with E-state index < -0.39 is 41.3 Å². The number of amides is 1. The van der Waals surface area contributed by atoms with E-state index in [1.807, 2.05) is 35.2 Å². The van der Waals surface area contributed by atoms with Crippen molar-refractivity contribution in [3.8, 4) is 0 Å². The Morgan fingerprint density at radius 3 is 1.89 bits per heavy atom. The fourth-order valence-electron chi connectivity index (χ4n) is 6.25. The molecule has 0 aliphatic carbocycles. The first kappa shape index (κ1) is 34.6. The van der Waals surface area contributed by atoms with Gasteiger partial charge in [0.2, 0.25) is 5.91 Å². The van der Waals surface area contributed by atoms with Gasteiger partial charge in [0.1, 0.15) is 0 Å². The fraction of sp³-hybridized carbons (Fsp3) is 0.424. The first-order chi connectivity index (χ1) is 22.0. The van der Waals surface area contributed by atoms with E-state index in [0.717, 1.165) is 29.8 Å². The van der Waals surface area contributed by atoms with Crippen LogP contribution >= 0.6 is 0 Å². The molecule has 0 bridgehead atoms. The first-order valence-electron chi connectivity index (χ1n) is 15.0. The number of nitrogens with zero attached hydrogens (tertiary/aromatic N) is 4. The van der Waals surface area contributed by atoms with Gasteiger partial charge in [-0.25, -0.2) is 0 Å². The van der Waals surface area contributed by atoms with Crippen molar-refractivity contribution >= 4 is 11.6 Å². The highest BCUT2D eigenvalue weighted by atomic mass is 19.4. The number of carbonyl (C=O) groups is 1. The molecule has 2 fully saturated rings. The van der Waals surface area contributed by atoms with Crippen LogP contribution in [-0.2, 0) is 36.4 Å². The molecule has 47 heavy (non-hydrogen) atoms. The molecule has 3 aromatic rings. The van der Waals surface area contributed by atoms with Crippen LogP contribution in [0, 0.1) is 0 Å². The monoisotopic (exact) mass is 672 g/mol. The van der Waals surface area contributed by atoms with Gasteiger partial charge in [-0.05, 0) is 61.0 Å². The molecule has 2 heterocycles. The number of anilines is 1. The topological polar surface area (TPSA) is 30.0 Å². The Morgan fingerprint density at radius 1 is 0.723 bits per heavy atom. The van der Waals surface area contributed by atoms with Crippen molar-refractivity contribution in [2.45, 2.75) is 50.1 Å². The minimum atomic E-state index is -4.96. The summed E-state index contributed by atoms with van der Waals surface area (Å²) >= 11 is 0. The number of hydrogen-bond donors (Lipinski definition) is 0. The van der Waals surface area contributed by atoms with E-state index in [1.165, 1.54) is 6.07 Å². The lowest BCUT2D eigenvalue weighted by Crippen LogP contribution is -2.53. The van der Waals surface area contributed by atoms with Crippen LogP contribution in [0.3, 0.4) is 0 Å². The Bertz CT molecular complexity index is 1500. The third-order valence-electron chi connectivity index (χ3n) is 8.73. The van der Waals surface area contributed by atoms with E-state index in [9.17, 15) is 44.3 Å². The van der Waals surface area contributed by atoms with Crippen molar-refractivity contribution in [1.29, 1.82) is 0 Å². The average molecular weight is 673 g/mol. The number of rotatable bonds is 7. The zero-order valence-corrected chi connectivity index (χ0v) is 25.3. The van der Waals surface area contributed by atoms with Crippen LogP contribution in [0.2, 0.25) is 0 Å². The Hall–Kier alpha value is -3.78. The number of alkyl halides is 9. The lowest BCUT2D eigenvalue weighted by Gasteiger charge is -2.38. The Labute approximate surface area is 266 Å². The van der Waals surface area contributed by atoms with Crippen molar-refractivity contribution in [3.63, 3.8) is 0 Å². The highest BCUT2D eigenvalue weighted by Crippen LogP contribution is 2.37. The Morgan fingerprint density at radius 2 is 1.32 bits per heavy atom. The van der Waals surface area contributed by atoms with Crippen LogP contribution in [0.15, 0.2) is 72.8 Å². The summed E-state index contributed by atoms with van der Waals surface area (Å²) in [5.41, 5.74) is -2.34. The molecule has 3 aromatic carbocycles. The normalized spacial score (nSPS) is 19.9. The molecule has 0 spiro atoms. The summed E-state index contributed by atoms with van der Waals surface area (Å²) in [7, 11) is 1.61. The van der Waals surface area contributed by atoms with Crippen LogP contribution < -0.4 is 4.90 Å². The van der Waals surface area contributed by atoms with Crippen LogP contribution in [0.4, 0.5) is 45.2 Å². The molecule has 2 atom stereocenters. The third kappa shape index (κ3) is 8.39. The molecular weight excluding hydrogens is 639 g/mol. The first-order valence-corrected chi connectivity index (χ1v) is 15.0. The van der Waals surface area contributed by atoms with E-state index in [4.69, 9.17) is 0 Å². The Kier molecular flexibility index (Phi) is 9.84. The Balaban J connectivity index is 1.31. The van der Waals surface area contributed by atoms with Gasteiger partial charge >= 0.3 is 18.5 Å². The van der Waals surface area contributed by atoms with Crippen molar-refractivity contribution in [1.82, 2.24) is 14.7 Å². The molecular formula is C33H33F9N4O. The number of halogens is 9. The average Bonchev–Trinajstić information content (AvgIpc) is 3.44. The molecule has 254 valence electrons. The molecule has 5 nitrogen and oxygen atoms in total. The van der Waals surface area contributed by atoms with E-state index in [-0.39, 0.29) is 43.2 Å². The van der Waals surface area contributed by atoms with Crippen molar-refractivity contribution in [2.24, 2.45) is 0 Å². The summed E-state index contributed by atoms with van der Waals surface area (Å²) in [6.07, 6.45) is -14.1. The second-order valence-corrected chi connectivity index (χ2v) is 12.0. The van der Waals surface area contributed by atoms with E-state index in [2.05, 4.69) is 0 Å². The zero-order chi connectivity index (χ0) is 34.1. The third-order valence-corrected chi connectivity index (χ3v) is 8.73.